The molecule has 0 aliphatic carbocycles. The number of aryl methyl sites for hydroxylation is 1. The van der Waals surface area contributed by atoms with Gasteiger partial charge in [-0.15, -0.1) is 12.4 Å². The predicted octanol–water partition coefficient (Wildman–Crippen LogP) is 2.48. The average Bonchev–Trinajstić information content (AvgIpc) is 2.25. The Bertz CT molecular complexity index is 336. The van der Waals surface area contributed by atoms with E-state index in [0.29, 0.717) is 0 Å². The Morgan fingerprint density at radius 3 is 2.62 bits per heavy atom. The lowest BCUT2D eigenvalue weighted by atomic mass is 10.1. The molecule has 0 radical (unpaired) electrons. The molecular weight excluding hydrogens is 243 g/mol. The van der Waals surface area contributed by atoms with Crippen LogP contribution in [0.2, 0.25) is 5.02 Å². The lowest BCUT2D eigenvalue weighted by Gasteiger charge is -2.27. The van der Waals surface area contributed by atoms with Gasteiger partial charge in [0.25, 0.3) is 0 Å². The van der Waals surface area contributed by atoms with Crippen molar-refractivity contribution in [3.63, 3.8) is 0 Å². The maximum Gasteiger partial charge on any atom is 0.0438 e. The zero-order valence-electron chi connectivity index (χ0n) is 9.50. The minimum Gasteiger partial charge on any atom is -0.314 e. The summed E-state index contributed by atoms with van der Waals surface area (Å²) in [7, 11) is 0. The standard InChI is InChI=1S/C12H17ClN2.ClH/c1-10-2-3-11(8-12(10)13)9-15-6-4-14-5-7-15;/h2-3,8,14H,4-7,9H2,1H3;1H. The number of nitrogens with one attached hydrogen (secondary N) is 1. The number of nitrogens with zero attached hydrogens (tertiary/aromatic N) is 1. The first-order valence-electron chi connectivity index (χ1n) is 5.44. The van der Waals surface area contributed by atoms with E-state index in [1.807, 2.05) is 6.92 Å². The van der Waals surface area contributed by atoms with Crippen LogP contribution in [0.5, 0.6) is 0 Å². The summed E-state index contributed by atoms with van der Waals surface area (Å²) in [6.45, 7) is 7.51. The van der Waals surface area contributed by atoms with Crippen LogP contribution in [0.4, 0.5) is 0 Å². The van der Waals surface area contributed by atoms with E-state index < -0.39 is 0 Å². The van der Waals surface area contributed by atoms with Gasteiger partial charge in [0.15, 0.2) is 0 Å². The Morgan fingerprint density at radius 1 is 1.31 bits per heavy atom. The van der Waals surface area contributed by atoms with Crippen LogP contribution in [0, 0.1) is 6.92 Å². The molecule has 4 heteroatoms. The van der Waals surface area contributed by atoms with Crippen molar-refractivity contribution in [2.45, 2.75) is 13.5 Å². The van der Waals surface area contributed by atoms with Gasteiger partial charge in [-0.25, -0.2) is 0 Å². The molecule has 2 nitrogen and oxygen atoms in total. The Morgan fingerprint density at radius 2 is 2.00 bits per heavy atom. The Kier molecular flexibility index (Phi) is 5.56. The van der Waals surface area contributed by atoms with Gasteiger partial charge in [0.2, 0.25) is 0 Å². The molecule has 0 unspecified atom stereocenters. The molecule has 1 heterocycles. The van der Waals surface area contributed by atoms with E-state index in [0.717, 1.165) is 43.3 Å². The number of rotatable bonds is 2. The van der Waals surface area contributed by atoms with Crippen molar-refractivity contribution in [3.05, 3.63) is 34.3 Å². The maximum absolute atomic E-state index is 6.10. The van der Waals surface area contributed by atoms with E-state index in [2.05, 4.69) is 28.4 Å². The van der Waals surface area contributed by atoms with Crippen molar-refractivity contribution in [1.29, 1.82) is 0 Å². The zero-order valence-corrected chi connectivity index (χ0v) is 11.1. The summed E-state index contributed by atoms with van der Waals surface area (Å²) in [5, 5.41) is 4.23. The van der Waals surface area contributed by atoms with E-state index >= 15 is 0 Å². The molecule has 1 aliphatic rings. The SMILES string of the molecule is Cc1ccc(CN2CCNCC2)cc1Cl.Cl. The van der Waals surface area contributed by atoms with Gasteiger partial charge >= 0.3 is 0 Å². The summed E-state index contributed by atoms with van der Waals surface area (Å²) < 4.78 is 0. The fourth-order valence-corrected chi connectivity index (χ4v) is 2.07. The van der Waals surface area contributed by atoms with Gasteiger partial charge in [-0.2, -0.15) is 0 Å². The summed E-state index contributed by atoms with van der Waals surface area (Å²) >= 11 is 6.10. The van der Waals surface area contributed by atoms with Crippen LogP contribution in [0.1, 0.15) is 11.1 Å². The highest BCUT2D eigenvalue weighted by atomic mass is 35.5. The Labute approximate surface area is 108 Å². The van der Waals surface area contributed by atoms with Crippen LogP contribution in [-0.2, 0) is 6.54 Å². The lowest BCUT2D eigenvalue weighted by molar-refractivity contribution is 0.233. The molecule has 16 heavy (non-hydrogen) atoms. The minimum atomic E-state index is 0. The summed E-state index contributed by atoms with van der Waals surface area (Å²) in [6, 6.07) is 6.35. The maximum atomic E-state index is 6.10. The van der Waals surface area contributed by atoms with Gasteiger partial charge in [-0.05, 0) is 24.1 Å². The normalized spacial score (nSPS) is 16.9. The number of piperazine rings is 1. The molecule has 0 atom stereocenters. The third-order valence-electron chi connectivity index (χ3n) is 2.85. The predicted molar refractivity (Wildman–Crippen MR) is 71.6 cm³/mol. The zero-order chi connectivity index (χ0) is 10.7. The third kappa shape index (κ3) is 3.63. The molecule has 90 valence electrons. The second kappa shape index (κ2) is 6.45. The number of benzene rings is 1. The summed E-state index contributed by atoms with van der Waals surface area (Å²) in [5.74, 6) is 0. The highest BCUT2D eigenvalue weighted by Crippen LogP contribution is 2.17. The third-order valence-corrected chi connectivity index (χ3v) is 3.26. The molecule has 0 aromatic heterocycles. The fourth-order valence-electron chi connectivity index (χ4n) is 1.86. The molecule has 1 fully saturated rings. The number of halogens is 2. The van der Waals surface area contributed by atoms with Crippen molar-refractivity contribution in [2.24, 2.45) is 0 Å². The molecule has 0 bridgehead atoms. The monoisotopic (exact) mass is 260 g/mol. The number of hydrogen-bond donors (Lipinski definition) is 1. The van der Waals surface area contributed by atoms with Gasteiger partial charge < -0.3 is 5.32 Å². The highest BCUT2D eigenvalue weighted by Gasteiger charge is 2.09. The van der Waals surface area contributed by atoms with Gasteiger partial charge in [0, 0.05) is 37.7 Å². The van der Waals surface area contributed by atoms with Crippen molar-refractivity contribution in [3.8, 4) is 0 Å². The molecule has 1 saturated heterocycles. The second-order valence-corrected chi connectivity index (χ2v) is 4.52. The van der Waals surface area contributed by atoms with Crippen LogP contribution in [0.3, 0.4) is 0 Å². The molecule has 0 saturated carbocycles. The fraction of sp³-hybridized carbons (Fsp3) is 0.500. The highest BCUT2D eigenvalue weighted by molar-refractivity contribution is 6.31. The molecular formula is C12H18Cl2N2. The molecule has 1 aromatic carbocycles. The Balaban J connectivity index is 0.00000128. The molecule has 1 aliphatic heterocycles. The van der Waals surface area contributed by atoms with Gasteiger partial charge in [0.1, 0.15) is 0 Å². The van der Waals surface area contributed by atoms with Crippen molar-refractivity contribution < 1.29 is 0 Å². The smallest absolute Gasteiger partial charge is 0.0438 e. The molecule has 2 rings (SSSR count). The topological polar surface area (TPSA) is 15.3 Å². The summed E-state index contributed by atoms with van der Waals surface area (Å²) in [6.07, 6.45) is 0. The van der Waals surface area contributed by atoms with E-state index in [-0.39, 0.29) is 12.4 Å². The quantitative estimate of drug-likeness (QED) is 0.879. The van der Waals surface area contributed by atoms with E-state index in [1.54, 1.807) is 0 Å². The summed E-state index contributed by atoms with van der Waals surface area (Å²) in [4.78, 5) is 2.46. The largest absolute Gasteiger partial charge is 0.314 e. The molecule has 1 N–H and O–H groups in total. The van der Waals surface area contributed by atoms with Crippen LogP contribution in [0.15, 0.2) is 18.2 Å². The van der Waals surface area contributed by atoms with Crippen molar-refractivity contribution >= 4 is 24.0 Å². The van der Waals surface area contributed by atoms with Crippen LogP contribution in [0.25, 0.3) is 0 Å². The first kappa shape index (κ1) is 13.8. The minimum absolute atomic E-state index is 0. The van der Waals surface area contributed by atoms with Crippen LogP contribution in [-0.4, -0.2) is 31.1 Å². The van der Waals surface area contributed by atoms with Crippen LogP contribution < -0.4 is 5.32 Å². The van der Waals surface area contributed by atoms with Crippen LogP contribution >= 0.6 is 24.0 Å². The van der Waals surface area contributed by atoms with Crippen molar-refractivity contribution in [2.75, 3.05) is 26.2 Å². The van der Waals surface area contributed by atoms with Gasteiger partial charge in [0.05, 0.1) is 0 Å². The first-order valence-corrected chi connectivity index (χ1v) is 5.81. The number of hydrogen-bond acceptors (Lipinski definition) is 2. The van der Waals surface area contributed by atoms with E-state index in [4.69, 9.17) is 11.6 Å². The average molecular weight is 261 g/mol. The first-order chi connectivity index (χ1) is 7.25. The second-order valence-electron chi connectivity index (χ2n) is 4.11. The molecule has 1 aromatic rings. The van der Waals surface area contributed by atoms with Crippen molar-refractivity contribution in [1.82, 2.24) is 10.2 Å². The van der Waals surface area contributed by atoms with E-state index in [1.165, 1.54) is 5.56 Å². The van der Waals surface area contributed by atoms with E-state index in [9.17, 15) is 0 Å². The Hall–Kier alpha value is -0.280. The van der Waals surface area contributed by atoms with Gasteiger partial charge in [-0.1, -0.05) is 23.7 Å². The molecule has 0 spiro atoms. The molecule has 0 amide bonds. The van der Waals surface area contributed by atoms with Gasteiger partial charge in [-0.3, -0.25) is 4.90 Å². The summed E-state index contributed by atoms with van der Waals surface area (Å²) in [5.41, 5.74) is 2.47. The lowest BCUT2D eigenvalue weighted by Crippen LogP contribution is -2.42.